The van der Waals surface area contributed by atoms with Crippen LogP contribution in [-0.2, 0) is 14.3 Å². The lowest BCUT2D eigenvalue weighted by molar-refractivity contribution is -0.170. The Morgan fingerprint density at radius 2 is 2.25 bits per heavy atom. The van der Waals surface area contributed by atoms with Gasteiger partial charge in [-0.15, -0.1) is 0 Å². The molecule has 1 N–H and O–H groups in total. The Bertz CT molecular complexity index is 201. The van der Waals surface area contributed by atoms with Crippen molar-refractivity contribution in [1.82, 2.24) is 10.2 Å². The first-order chi connectivity index (χ1) is 5.67. The Morgan fingerprint density at radius 3 is 2.50 bits per heavy atom. The molecule has 1 rings (SSSR count). The summed E-state index contributed by atoms with van der Waals surface area (Å²) < 4.78 is 4.92. The van der Waals surface area contributed by atoms with E-state index in [4.69, 9.17) is 4.74 Å². The molecule has 0 aliphatic carbocycles. The van der Waals surface area contributed by atoms with Gasteiger partial charge in [0.2, 0.25) is 6.41 Å². The van der Waals surface area contributed by atoms with E-state index in [0.29, 0.717) is 6.41 Å². The Morgan fingerprint density at radius 1 is 1.67 bits per heavy atom. The molecule has 0 saturated carbocycles. The SMILES string of the molecule is CNC(=O)C1(N(C)C=O)COC1. The van der Waals surface area contributed by atoms with Gasteiger partial charge >= 0.3 is 0 Å². The summed E-state index contributed by atoms with van der Waals surface area (Å²) in [4.78, 5) is 23.1. The lowest BCUT2D eigenvalue weighted by atomic mass is 9.95. The molecule has 1 saturated heterocycles. The van der Waals surface area contributed by atoms with E-state index < -0.39 is 5.54 Å². The number of rotatable bonds is 3. The number of ether oxygens (including phenoxy) is 1. The normalized spacial score (nSPS) is 19.2. The second-order valence-electron chi connectivity index (χ2n) is 2.82. The van der Waals surface area contributed by atoms with Crippen molar-refractivity contribution in [3.05, 3.63) is 0 Å². The molecule has 68 valence electrons. The van der Waals surface area contributed by atoms with Crippen molar-refractivity contribution in [3.8, 4) is 0 Å². The maximum absolute atomic E-state index is 11.3. The predicted octanol–water partition coefficient (Wildman–Crippen LogP) is -1.41. The van der Waals surface area contributed by atoms with Crippen LogP contribution in [0.5, 0.6) is 0 Å². The third-order valence-corrected chi connectivity index (χ3v) is 2.16. The van der Waals surface area contributed by atoms with Gasteiger partial charge in [0.25, 0.3) is 5.91 Å². The average molecular weight is 172 g/mol. The molecule has 12 heavy (non-hydrogen) atoms. The van der Waals surface area contributed by atoms with Crippen LogP contribution in [-0.4, -0.2) is 50.1 Å². The van der Waals surface area contributed by atoms with Crippen molar-refractivity contribution in [3.63, 3.8) is 0 Å². The number of hydrogen-bond acceptors (Lipinski definition) is 3. The number of hydrogen-bond donors (Lipinski definition) is 1. The van der Waals surface area contributed by atoms with Crippen LogP contribution < -0.4 is 5.32 Å². The van der Waals surface area contributed by atoms with Crippen molar-refractivity contribution in [2.24, 2.45) is 0 Å². The standard InChI is InChI=1S/C7H12N2O3/c1-8-6(11)7(3-12-4-7)9(2)5-10/h5H,3-4H2,1-2H3,(H,8,11). The summed E-state index contributed by atoms with van der Waals surface area (Å²) in [6.45, 7) is 0.559. The monoisotopic (exact) mass is 172 g/mol. The molecule has 1 heterocycles. The van der Waals surface area contributed by atoms with Gasteiger partial charge in [-0.05, 0) is 0 Å². The lowest BCUT2D eigenvalue weighted by Gasteiger charge is -2.44. The number of carbonyl (C=O) groups is 2. The zero-order valence-electron chi connectivity index (χ0n) is 7.16. The highest BCUT2D eigenvalue weighted by Gasteiger charge is 2.48. The largest absolute Gasteiger partial charge is 0.375 e. The first-order valence-electron chi connectivity index (χ1n) is 3.65. The van der Waals surface area contributed by atoms with Crippen molar-refractivity contribution in [2.45, 2.75) is 5.54 Å². The van der Waals surface area contributed by atoms with Gasteiger partial charge in [-0.2, -0.15) is 0 Å². The fourth-order valence-corrected chi connectivity index (χ4v) is 1.12. The van der Waals surface area contributed by atoms with Crippen LogP contribution in [0, 0.1) is 0 Å². The fraction of sp³-hybridized carbons (Fsp3) is 0.714. The number of nitrogens with zero attached hydrogens (tertiary/aromatic N) is 1. The Labute approximate surface area is 70.7 Å². The van der Waals surface area contributed by atoms with E-state index in [1.165, 1.54) is 4.90 Å². The summed E-state index contributed by atoms with van der Waals surface area (Å²) in [5.74, 6) is -0.177. The molecular weight excluding hydrogens is 160 g/mol. The van der Waals surface area contributed by atoms with E-state index in [1.54, 1.807) is 14.1 Å². The molecule has 0 aromatic rings. The summed E-state index contributed by atoms with van der Waals surface area (Å²) in [5.41, 5.74) is -0.767. The first kappa shape index (κ1) is 8.99. The smallest absolute Gasteiger partial charge is 0.250 e. The minimum Gasteiger partial charge on any atom is -0.375 e. The second-order valence-corrected chi connectivity index (χ2v) is 2.82. The Kier molecular flexibility index (Phi) is 2.32. The number of nitrogens with one attached hydrogen (secondary N) is 1. The molecule has 5 heteroatoms. The molecule has 0 radical (unpaired) electrons. The molecule has 1 aliphatic heterocycles. The van der Waals surface area contributed by atoms with E-state index in [9.17, 15) is 9.59 Å². The molecule has 0 bridgehead atoms. The molecular formula is C7H12N2O3. The van der Waals surface area contributed by atoms with Crippen LogP contribution >= 0.6 is 0 Å². The van der Waals surface area contributed by atoms with Gasteiger partial charge in [0.15, 0.2) is 5.54 Å². The van der Waals surface area contributed by atoms with Crippen molar-refractivity contribution < 1.29 is 14.3 Å². The highest BCUT2D eigenvalue weighted by atomic mass is 16.5. The molecule has 2 amide bonds. The summed E-state index contributed by atoms with van der Waals surface area (Å²) in [7, 11) is 3.12. The Hall–Kier alpha value is -1.10. The van der Waals surface area contributed by atoms with E-state index in [2.05, 4.69) is 5.32 Å². The summed E-state index contributed by atoms with van der Waals surface area (Å²) in [5, 5.41) is 2.50. The quantitative estimate of drug-likeness (QED) is 0.532. The van der Waals surface area contributed by atoms with Crippen LogP contribution in [0.15, 0.2) is 0 Å². The van der Waals surface area contributed by atoms with Gasteiger partial charge in [0.1, 0.15) is 0 Å². The average Bonchev–Trinajstić information content (AvgIpc) is 2.01. The van der Waals surface area contributed by atoms with Crippen LogP contribution in [0.3, 0.4) is 0 Å². The first-order valence-corrected chi connectivity index (χ1v) is 3.65. The van der Waals surface area contributed by atoms with E-state index >= 15 is 0 Å². The van der Waals surface area contributed by atoms with Crippen LogP contribution in [0.1, 0.15) is 0 Å². The third kappa shape index (κ3) is 1.06. The highest BCUT2D eigenvalue weighted by molar-refractivity contribution is 5.89. The summed E-state index contributed by atoms with van der Waals surface area (Å²) >= 11 is 0. The molecule has 0 unspecified atom stereocenters. The van der Waals surface area contributed by atoms with Gasteiger partial charge in [-0.3, -0.25) is 9.59 Å². The zero-order chi connectivity index (χ0) is 9.19. The van der Waals surface area contributed by atoms with Crippen molar-refractivity contribution >= 4 is 12.3 Å². The molecule has 0 atom stereocenters. The van der Waals surface area contributed by atoms with Crippen LogP contribution in [0.4, 0.5) is 0 Å². The van der Waals surface area contributed by atoms with Gasteiger partial charge in [0.05, 0.1) is 13.2 Å². The maximum atomic E-state index is 11.3. The predicted molar refractivity (Wildman–Crippen MR) is 41.4 cm³/mol. The summed E-state index contributed by atoms with van der Waals surface area (Å²) in [6, 6.07) is 0. The van der Waals surface area contributed by atoms with Crippen molar-refractivity contribution in [2.75, 3.05) is 27.3 Å². The van der Waals surface area contributed by atoms with Crippen molar-refractivity contribution in [1.29, 1.82) is 0 Å². The third-order valence-electron chi connectivity index (χ3n) is 2.16. The van der Waals surface area contributed by atoms with Gasteiger partial charge in [0, 0.05) is 14.1 Å². The van der Waals surface area contributed by atoms with E-state index in [1.807, 2.05) is 0 Å². The topological polar surface area (TPSA) is 58.6 Å². The Balaban J connectivity index is 2.75. The zero-order valence-corrected chi connectivity index (χ0v) is 7.16. The molecule has 0 aromatic carbocycles. The lowest BCUT2D eigenvalue weighted by Crippen LogP contribution is -2.68. The number of carbonyl (C=O) groups excluding carboxylic acids is 2. The number of amides is 2. The molecule has 0 spiro atoms. The maximum Gasteiger partial charge on any atom is 0.250 e. The minimum absolute atomic E-state index is 0.177. The molecule has 1 fully saturated rings. The van der Waals surface area contributed by atoms with Gasteiger partial charge in [-0.25, -0.2) is 0 Å². The van der Waals surface area contributed by atoms with E-state index in [0.717, 1.165) is 0 Å². The summed E-state index contributed by atoms with van der Waals surface area (Å²) in [6.07, 6.45) is 0.637. The molecule has 0 aromatic heterocycles. The minimum atomic E-state index is -0.767. The van der Waals surface area contributed by atoms with Gasteiger partial charge in [-0.1, -0.05) is 0 Å². The second kappa shape index (κ2) is 3.10. The number of likely N-dealkylation sites (N-methyl/N-ethyl adjacent to an activating group) is 2. The van der Waals surface area contributed by atoms with E-state index in [-0.39, 0.29) is 19.1 Å². The molecule has 5 nitrogen and oxygen atoms in total. The fourth-order valence-electron chi connectivity index (χ4n) is 1.12. The highest BCUT2D eigenvalue weighted by Crippen LogP contribution is 2.22. The van der Waals surface area contributed by atoms with Gasteiger partial charge < -0.3 is 15.0 Å². The molecule has 1 aliphatic rings. The van der Waals surface area contributed by atoms with Crippen LogP contribution in [0.2, 0.25) is 0 Å². The van der Waals surface area contributed by atoms with Crippen LogP contribution in [0.25, 0.3) is 0 Å².